The van der Waals surface area contributed by atoms with Crippen LogP contribution in [0.5, 0.6) is 5.75 Å². The first-order valence-corrected chi connectivity index (χ1v) is 8.44. The van der Waals surface area contributed by atoms with E-state index in [0.717, 1.165) is 41.9 Å². The molecule has 2 aromatic rings. The quantitative estimate of drug-likeness (QED) is 0.395. The number of nitrogens with one attached hydrogen (secondary N) is 2. The van der Waals surface area contributed by atoms with Crippen LogP contribution in [0.2, 0.25) is 0 Å². The lowest BCUT2D eigenvalue weighted by Gasteiger charge is -2.11. The molecule has 2 rings (SSSR count). The number of nitrogens with zero attached hydrogens (tertiary/aromatic N) is 2. The van der Waals surface area contributed by atoms with Crippen molar-refractivity contribution in [1.29, 1.82) is 0 Å². The number of hydrogen-bond acceptors (Lipinski definition) is 4. The predicted molar refractivity (Wildman–Crippen MR) is 112 cm³/mol. The van der Waals surface area contributed by atoms with Gasteiger partial charge in [-0.1, -0.05) is 12.1 Å². The van der Waals surface area contributed by atoms with E-state index in [1.807, 2.05) is 24.3 Å². The molecule has 0 aliphatic heterocycles. The number of aliphatic imine (C=N–C) groups is 1. The summed E-state index contributed by atoms with van der Waals surface area (Å²) >= 11 is 1.76. The molecule has 7 heteroatoms. The minimum Gasteiger partial charge on any atom is -0.497 e. The molecule has 0 aliphatic rings. The number of hydrogen-bond donors (Lipinski definition) is 2. The first kappa shape index (κ1) is 20.7. The van der Waals surface area contributed by atoms with E-state index < -0.39 is 0 Å². The molecule has 0 atom stereocenters. The van der Waals surface area contributed by atoms with Crippen LogP contribution < -0.4 is 15.4 Å². The molecule has 24 heavy (non-hydrogen) atoms. The van der Waals surface area contributed by atoms with E-state index in [0.29, 0.717) is 0 Å². The summed E-state index contributed by atoms with van der Waals surface area (Å²) in [6.45, 7) is 5.70. The summed E-state index contributed by atoms with van der Waals surface area (Å²) in [6, 6.07) is 8.00. The molecule has 0 radical (unpaired) electrons. The zero-order valence-corrected chi connectivity index (χ0v) is 17.7. The normalized spacial score (nSPS) is 10.9. The van der Waals surface area contributed by atoms with Gasteiger partial charge in [-0.05, 0) is 31.5 Å². The molecule has 0 spiro atoms. The fourth-order valence-corrected chi connectivity index (χ4v) is 3.02. The van der Waals surface area contributed by atoms with Crippen molar-refractivity contribution in [3.63, 3.8) is 0 Å². The number of thiazole rings is 1. The molecule has 0 amide bonds. The monoisotopic (exact) mass is 460 g/mol. The molecule has 1 aromatic heterocycles. The SMILES string of the molecule is CN=C(NCCc1nc(C)c(C)s1)NCc1ccc(OC)cc1.I. The summed E-state index contributed by atoms with van der Waals surface area (Å²) in [5.41, 5.74) is 2.31. The average molecular weight is 460 g/mol. The fraction of sp³-hybridized carbons (Fsp3) is 0.412. The molecule has 2 N–H and O–H groups in total. The van der Waals surface area contributed by atoms with Crippen molar-refractivity contribution in [2.75, 3.05) is 20.7 Å². The highest BCUT2D eigenvalue weighted by Gasteiger charge is 2.04. The third kappa shape index (κ3) is 6.27. The molecular weight excluding hydrogens is 435 g/mol. The Morgan fingerprint density at radius 1 is 1.21 bits per heavy atom. The van der Waals surface area contributed by atoms with E-state index in [4.69, 9.17) is 4.74 Å². The Balaban J connectivity index is 0.00000288. The Morgan fingerprint density at radius 3 is 2.46 bits per heavy atom. The van der Waals surface area contributed by atoms with Crippen LogP contribution in [0.25, 0.3) is 0 Å². The molecule has 0 saturated heterocycles. The number of benzene rings is 1. The van der Waals surface area contributed by atoms with Gasteiger partial charge in [0.15, 0.2) is 5.96 Å². The van der Waals surface area contributed by atoms with Crippen molar-refractivity contribution in [2.24, 2.45) is 4.99 Å². The van der Waals surface area contributed by atoms with Crippen LogP contribution in [0.15, 0.2) is 29.3 Å². The minimum absolute atomic E-state index is 0. The highest BCUT2D eigenvalue weighted by molar-refractivity contribution is 14.0. The van der Waals surface area contributed by atoms with E-state index in [9.17, 15) is 0 Å². The Hall–Kier alpha value is -1.35. The van der Waals surface area contributed by atoms with Gasteiger partial charge in [0, 0.05) is 31.4 Å². The van der Waals surface area contributed by atoms with Gasteiger partial charge in [-0.15, -0.1) is 35.3 Å². The zero-order valence-electron chi connectivity index (χ0n) is 14.5. The first-order valence-electron chi connectivity index (χ1n) is 7.62. The van der Waals surface area contributed by atoms with Crippen molar-refractivity contribution in [3.05, 3.63) is 45.4 Å². The number of guanidine groups is 1. The van der Waals surface area contributed by atoms with Crippen LogP contribution >= 0.6 is 35.3 Å². The third-order valence-corrected chi connectivity index (χ3v) is 4.68. The number of methoxy groups -OCH3 is 1. The molecule has 1 aromatic carbocycles. The second-order valence-corrected chi connectivity index (χ2v) is 6.49. The van der Waals surface area contributed by atoms with Crippen LogP contribution in [0.4, 0.5) is 0 Å². The molecule has 5 nitrogen and oxygen atoms in total. The highest BCUT2D eigenvalue weighted by atomic mass is 127. The van der Waals surface area contributed by atoms with Crippen molar-refractivity contribution in [1.82, 2.24) is 15.6 Å². The second kappa shape index (κ2) is 10.5. The first-order chi connectivity index (χ1) is 11.1. The van der Waals surface area contributed by atoms with Gasteiger partial charge >= 0.3 is 0 Å². The fourth-order valence-electron chi connectivity index (χ4n) is 2.08. The van der Waals surface area contributed by atoms with Crippen molar-refractivity contribution in [2.45, 2.75) is 26.8 Å². The summed E-state index contributed by atoms with van der Waals surface area (Å²) in [6.07, 6.45) is 0.905. The number of aromatic nitrogens is 1. The van der Waals surface area contributed by atoms with Gasteiger partial charge < -0.3 is 15.4 Å². The van der Waals surface area contributed by atoms with Gasteiger partial charge in [0.1, 0.15) is 5.75 Å². The molecule has 132 valence electrons. The molecule has 0 unspecified atom stereocenters. The van der Waals surface area contributed by atoms with Gasteiger partial charge in [0.05, 0.1) is 17.8 Å². The molecule has 0 bridgehead atoms. The van der Waals surface area contributed by atoms with E-state index in [1.54, 1.807) is 25.5 Å². The Labute approximate surface area is 165 Å². The van der Waals surface area contributed by atoms with E-state index >= 15 is 0 Å². The van der Waals surface area contributed by atoms with Crippen LogP contribution in [-0.4, -0.2) is 31.6 Å². The summed E-state index contributed by atoms with van der Waals surface area (Å²) in [5, 5.41) is 7.79. The maximum atomic E-state index is 5.16. The lowest BCUT2D eigenvalue weighted by atomic mass is 10.2. The van der Waals surface area contributed by atoms with Crippen molar-refractivity contribution in [3.8, 4) is 5.75 Å². The van der Waals surface area contributed by atoms with Crippen LogP contribution in [0, 0.1) is 13.8 Å². The Bertz CT molecular complexity index is 636. The number of rotatable bonds is 6. The van der Waals surface area contributed by atoms with E-state index in [2.05, 4.69) is 34.5 Å². The van der Waals surface area contributed by atoms with Gasteiger partial charge in [0.2, 0.25) is 0 Å². The maximum absolute atomic E-state index is 5.16. The maximum Gasteiger partial charge on any atom is 0.191 e. The summed E-state index contributed by atoms with van der Waals surface area (Å²) in [5.74, 6) is 1.66. The van der Waals surface area contributed by atoms with Crippen LogP contribution in [0.3, 0.4) is 0 Å². The van der Waals surface area contributed by atoms with Crippen LogP contribution in [-0.2, 0) is 13.0 Å². The number of ether oxygens (including phenoxy) is 1. The minimum atomic E-state index is 0. The Kier molecular flexibility index (Phi) is 9.05. The van der Waals surface area contributed by atoms with E-state index in [1.165, 1.54) is 10.4 Å². The average Bonchev–Trinajstić information content (AvgIpc) is 2.89. The van der Waals surface area contributed by atoms with Gasteiger partial charge in [-0.2, -0.15) is 0 Å². The predicted octanol–water partition coefficient (Wildman–Crippen LogP) is 3.29. The molecule has 1 heterocycles. The lowest BCUT2D eigenvalue weighted by molar-refractivity contribution is 0.414. The molecule has 0 saturated carbocycles. The summed E-state index contributed by atoms with van der Waals surface area (Å²) < 4.78 is 5.16. The third-order valence-electron chi connectivity index (χ3n) is 3.55. The lowest BCUT2D eigenvalue weighted by Crippen LogP contribution is -2.37. The Morgan fingerprint density at radius 2 is 1.92 bits per heavy atom. The van der Waals surface area contributed by atoms with Gasteiger partial charge in [-0.25, -0.2) is 4.98 Å². The summed E-state index contributed by atoms with van der Waals surface area (Å²) in [7, 11) is 3.45. The number of aryl methyl sites for hydroxylation is 2. The van der Waals surface area contributed by atoms with Crippen molar-refractivity contribution < 1.29 is 4.74 Å². The standard InChI is InChI=1S/C17H24N4OS.HI/c1-12-13(2)23-16(21-12)9-10-19-17(18-3)20-11-14-5-7-15(22-4)8-6-14;/h5-8H,9-11H2,1-4H3,(H2,18,19,20);1H. The molecule has 0 fully saturated rings. The van der Waals surface area contributed by atoms with Crippen molar-refractivity contribution >= 4 is 41.3 Å². The van der Waals surface area contributed by atoms with Crippen LogP contribution in [0.1, 0.15) is 21.1 Å². The second-order valence-electron chi connectivity index (χ2n) is 5.20. The molecular formula is C17H25IN4OS. The summed E-state index contributed by atoms with van der Waals surface area (Å²) in [4.78, 5) is 10.1. The zero-order chi connectivity index (χ0) is 16.7. The van der Waals surface area contributed by atoms with Gasteiger partial charge in [-0.3, -0.25) is 4.99 Å². The highest BCUT2D eigenvalue weighted by Crippen LogP contribution is 2.16. The van der Waals surface area contributed by atoms with E-state index in [-0.39, 0.29) is 24.0 Å². The number of halogens is 1. The smallest absolute Gasteiger partial charge is 0.191 e. The topological polar surface area (TPSA) is 58.5 Å². The van der Waals surface area contributed by atoms with Gasteiger partial charge in [0.25, 0.3) is 0 Å². The molecule has 0 aliphatic carbocycles. The largest absolute Gasteiger partial charge is 0.497 e.